The molecule has 0 aromatic carbocycles. The predicted molar refractivity (Wildman–Crippen MR) is 77.6 cm³/mol. The van der Waals surface area contributed by atoms with Crippen molar-refractivity contribution >= 4 is 21.6 Å². The summed E-state index contributed by atoms with van der Waals surface area (Å²) in [5.41, 5.74) is 6.39. The molecule has 2 heterocycles. The minimum atomic E-state index is -3.05. The second-order valence-corrected chi connectivity index (χ2v) is 8.07. The average Bonchev–Trinajstić information content (AvgIpc) is 2.76. The SMILES string of the molecule is CS(=O)(=O)C1CSCCN1Cc1cn(CCN)cn1. The predicted octanol–water partition coefficient (Wildman–Crippen LogP) is -0.239. The van der Waals surface area contributed by atoms with E-state index in [4.69, 9.17) is 5.73 Å². The Kier molecular flexibility index (Phi) is 4.88. The van der Waals surface area contributed by atoms with Gasteiger partial charge in [0.15, 0.2) is 9.84 Å². The van der Waals surface area contributed by atoms with E-state index >= 15 is 0 Å². The van der Waals surface area contributed by atoms with E-state index in [1.54, 1.807) is 18.1 Å². The van der Waals surface area contributed by atoms with Gasteiger partial charge in [-0.05, 0) is 0 Å². The molecule has 1 saturated heterocycles. The molecule has 8 heteroatoms. The van der Waals surface area contributed by atoms with Gasteiger partial charge < -0.3 is 10.3 Å². The fraction of sp³-hybridized carbons (Fsp3) is 0.727. The summed E-state index contributed by atoms with van der Waals surface area (Å²) in [6.45, 7) is 2.67. The Bertz CT molecular complexity index is 515. The first-order chi connectivity index (χ1) is 9.00. The molecule has 1 atom stereocenters. The van der Waals surface area contributed by atoms with Crippen LogP contribution in [0, 0.1) is 0 Å². The first kappa shape index (κ1) is 14.8. The number of aromatic nitrogens is 2. The zero-order chi connectivity index (χ0) is 13.9. The van der Waals surface area contributed by atoms with Gasteiger partial charge in [-0.25, -0.2) is 13.4 Å². The normalized spacial score (nSPS) is 21.7. The molecule has 1 unspecified atom stereocenters. The van der Waals surface area contributed by atoms with Crippen molar-refractivity contribution in [3.8, 4) is 0 Å². The second-order valence-electron chi connectivity index (χ2n) is 4.72. The maximum Gasteiger partial charge on any atom is 0.164 e. The van der Waals surface area contributed by atoms with Crippen LogP contribution in [-0.4, -0.2) is 59.1 Å². The van der Waals surface area contributed by atoms with Crippen LogP contribution >= 0.6 is 11.8 Å². The van der Waals surface area contributed by atoms with E-state index in [1.807, 2.05) is 15.7 Å². The lowest BCUT2D eigenvalue weighted by molar-refractivity contribution is 0.259. The molecule has 0 amide bonds. The third-order valence-electron chi connectivity index (χ3n) is 3.12. The molecule has 0 aliphatic carbocycles. The molecule has 1 aliphatic heterocycles. The van der Waals surface area contributed by atoms with Crippen LogP contribution in [0.2, 0.25) is 0 Å². The quantitative estimate of drug-likeness (QED) is 0.809. The highest BCUT2D eigenvalue weighted by Crippen LogP contribution is 2.21. The van der Waals surface area contributed by atoms with E-state index in [1.165, 1.54) is 6.26 Å². The Labute approximate surface area is 118 Å². The second kappa shape index (κ2) is 6.25. The van der Waals surface area contributed by atoms with E-state index in [9.17, 15) is 8.42 Å². The van der Waals surface area contributed by atoms with Gasteiger partial charge in [0.25, 0.3) is 0 Å². The van der Waals surface area contributed by atoms with E-state index in [0.717, 1.165) is 24.5 Å². The van der Waals surface area contributed by atoms with Crippen LogP contribution < -0.4 is 5.73 Å². The summed E-state index contributed by atoms with van der Waals surface area (Å²) in [7, 11) is -3.05. The molecule has 1 aromatic heterocycles. The Morgan fingerprint density at radius 1 is 1.58 bits per heavy atom. The molecule has 2 rings (SSSR count). The Balaban J connectivity index is 2.06. The van der Waals surface area contributed by atoms with E-state index in [-0.39, 0.29) is 0 Å². The molecule has 0 spiro atoms. The maximum absolute atomic E-state index is 11.8. The number of rotatable bonds is 5. The van der Waals surface area contributed by atoms with Gasteiger partial charge in [-0.15, -0.1) is 0 Å². The molecule has 108 valence electrons. The molecule has 0 radical (unpaired) electrons. The monoisotopic (exact) mass is 304 g/mol. The van der Waals surface area contributed by atoms with Crippen molar-refractivity contribution < 1.29 is 8.42 Å². The molecule has 0 saturated carbocycles. The summed E-state index contributed by atoms with van der Waals surface area (Å²) in [4.78, 5) is 6.31. The molecule has 1 aliphatic rings. The van der Waals surface area contributed by atoms with E-state index in [0.29, 0.717) is 18.8 Å². The molecular formula is C11H20N4O2S2. The highest BCUT2D eigenvalue weighted by Gasteiger charge is 2.31. The van der Waals surface area contributed by atoms with Gasteiger partial charge in [-0.3, -0.25) is 4.90 Å². The van der Waals surface area contributed by atoms with E-state index in [2.05, 4.69) is 4.98 Å². The van der Waals surface area contributed by atoms with Gasteiger partial charge in [0.2, 0.25) is 0 Å². The molecule has 19 heavy (non-hydrogen) atoms. The summed E-state index contributed by atoms with van der Waals surface area (Å²) >= 11 is 1.69. The number of sulfone groups is 1. The topological polar surface area (TPSA) is 81.2 Å². The lowest BCUT2D eigenvalue weighted by Crippen LogP contribution is -2.46. The Morgan fingerprint density at radius 2 is 2.37 bits per heavy atom. The first-order valence-corrected chi connectivity index (χ1v) is 9.33. The smallest absolute Gasteiger partial charge is 0.164 e. The fourth-order valence-electron chi connectivity index (χ4n) is 2.16. The van der Waals surface area contributed by atoms with Gasteiger partial charge in [0, 0.05) is 50.1 Å². The van der Waals surface area contributed by atoms with E-state index < -0.39 is 15.2 Å². The van der Waals surface area contributed by atoms with Crippen molar-refractivity contribution in [3.05, 3.63) is 18.2 Å². The standard InChI is InChI=1S/C11H20N4O2S2/c1-19(16,17)11-8-18-5-4-15(11)7-10-6-14(3-2-12)9-13-10/h6,9,11H,2-5,7-8,12H2,1H3. The number of hydrogen-bond donors (Lipinski definition) is 1. The lowest BCUT2D eigenvalue weighted by Gasteiger charge is -2.33. The van der Waals surface area contributed by atoms with Crippen molar-refractivity contribution in [1.29, 1.82) is 0 Å². The van der Waals surface area contributed by atoms with Gasteiger partial charge in [0.1, 0.15) is 5.37 Å². The maximum atomic E-state index is 11.8. The van der Waals surface area contributed by atoms with Crippen molar-refractivity contribution in [1.82, 2.24) is 14.5 Å². The molecule has 0 bridgehead atoms. The van der Waals surface area contributed by atoms with Gasteiger partial charge in [-0.2, -0.15) is 11.8 Å². The minimum absolute atomic E-state index is 0.397. The van der Waals surface area contributed by atoms with Crippen LogP contribution in [0.15, 0.2) is 12.5 Å². The van der Waals surface area contributed by atoms with Crippen LogP contribution in [0.4, 0.5) is 0 Å². The van der Waals surface area contributed by atoms with Crippen LogP contribution in [0.1, 0.15) is 5.69 Å². The zero-order valence-corrected chi connectivity index (χ0v) is 12.7. The largest absolute Gasteiger partial charge is 0.336 e. The molecule has 1 aromatic rings. The molecule has 6 nitrogen and oxygen atoms in total. The highest BCUT2D eigenvalue weighted by molar-refractivity contribution is 8.00. The summed E-state index contributed by atoms with van der Waals surface area (Å²) < 4.78 is 25.5. The van der Waals surface area contributed by atoms with Crippen molar-refractivity contribution in [2.45, 2.75) is 18.5 Å². The third-order valence-corrected chi connectivity index (χ3v) is 5.81. The summed E-state index contributed by atoms with van der Waals surface area (Å²) in [6.07, 6.45) is 4.99. The van der Waals surface area contributed by atoms with Crippen molar-refractivity contribution in [2.24, 2.45) is 5.73 Å². The van der Waals surface area contributed by atoms with Gasteiger partial charge >= 0.3 is 0 Å². The summed E-state index contributed by atoms with van der Waals surface area (Å²) in [6, 6.07) is 0. The fourth-order valence-corrected chi connectivity index (χ4v) is 5.10. The van der Waals surface area contributed by atoms with Gasteiger partial charge in [0.05, 0.1) is 12.0 Å². The molecule has 2 N–H and O–H groups in total. The van der Waals surface area contributed by atoms with Crippen molar-refractivity contribution in [3.63, 3.8) is 0 Å². The minimum Gasteiger partial charge on any atom is -0.336 e. The first-order valence-electron chi connectivity index (χ1n) is 6.22. The number of imidazole rings is 1. The number of hydrogen-bond acceptors (Lipinski definition) is 6. The number of nitrogens with two attached hydrogens (primary N) is 1. The van der Waals surface area contributed by atoms with Crippen LogP contribution in [0.3, 0.4) is 0 Å². The highest BCUT2D eigenvalue weighted by atomic mass is 32.2. The number of thioether (sulfide) groups is 1. The van der Waals surface area contributed by atoms with Crippen LogP contribution in [0.5, 0.6) is 0 Å². The Hall–Kier alpha value is -0.570. The van der Waals surface area contributed by atoms with Crippen LogP contribution in [0.25, 0.3) is 0 Å². The molecular weight excluding hydrogens is 284 g/mol. The Morgan fingerprint density at radius 3 is 3.05 bits per heavy atom. The number of nitrogens with zero attached hydrogens (tertiary/aromatic N) is 3. The van der Waals surface area contributed by atoms with Crippen molar-refractivity contribution in [2.75, 3.05) is 30.9 Å². The van der Waals surface area contributed by atoms with Gasteiger partial charge in [-0.1, -0.05) is 0 Å². The third kappa shape index (κ3) is 3.95. The molecule has 1 fully saturated rings. The zero-order valence-electron chi connectivity index (χ0n) is 11.0. The lowest BCUT2D eigenvalue weighted by atomic mass is 10.4. The summed E-state index contributed by atoms with van der Waals surface area (Å²) in [5, 5.41) is -0.397. The van der Waals surface area contributed by atoms with Crippen LogP contribution in [-0.2, 0) is 22.9 Å². The average molecular weight is 304 g/mol. The summed E-state index contributed by atoms with van der Waals surface area (Å²) in [5.74, 6) is 1.61.